The highest BCUT2D eigenvalue weighted by Gasteiger charge is 2.37. The molecule has 3 aromatic rings. The number of carbonyl (C=O) groups is 3. The minimum Gasteiger partial charge on any atom is -0.452 e. The maximum atomic E-state index is 13.3. The number of pyridine rings is 2. The van der Waals surface area contributed by atoms with Crippen molar-refractivity contribution < 1.29 is 32.3 Å². The fourth-order valence-electron chi connectivity index (χ4n) is 2.56. The number of nitrogens with zero attached hydrogens (tertiary/aromatic N) is 4. The van der Waals surface area contributed by atoms with Crippen molar-refractivity contribution in [3.63, 3.8) is 0 Å². The lowest BCUT2D eigenvalue weighted by atomic mass is 10.2. The molecule has 0 aromatic carbocycles. The van der Waals surface area contributed by atoms with E-state index in [4.69, 9.17) is 34.8 Å². The molecule has 3 N–H and O–H groups in total. The molecule has 11 nitrogen and oxygen atoms in total. The van der Waals surface area contributed by atoms with Crippen LogP contribution in [0.1, 0.15) is 26.5 Å². The first-order valence-corrected chi connectivity index (χ1v) is 10.2. The van der Waals surface area contributed by atoms with Crippen molar-refractivity contribution in [2.24, 2.45) is 0 Å². The number of hydrazine groups is 1. The van der Waals surface area contributed by atoms with E-state index in [9.17, 15) is 27.6 Å². The lowest BCUT2D eigenvalue weighted by molar-refractivity contribution is -0.141. The molecular formula is C18H11Cl3F3N7O4. The molecule has 0 atom stereocenters. The second-order valence-electron chi connectivity index (χ2n) is 6.32. The summed E-state index contributed by atoms with van der Waals surface area (Å²) >= 11 is 17.9. The van der Waals surface area contributed by atoms with Crippen LogP contribution in [0.15, 0.2) is 30.5 Å². The Morgan fingerprint density at radius 3 is 2.43 bits per heavy atom. The summed E-state index contributed by atoms with van der Waals surface area (Å²) in [7, 11) is 1.04. The summed E-state index contributed by atoms with van der Waals surface area (Å²) in [5, 5.41) is 4.76. The summed E-state index contributed by atoms with van der Waals surface area (Å²) in [6.07, 6.45) is -4.70. The molecule has 0 bridgehead atoms. The molecular weight excluding hydrogens is 542 g/mol. The van der Waals surface area contributed by atoms with E-state index < -0.39 is 51.9 Å². The zero-order valence-corrected chi connectivity index (χ0v) is 19.3. The van der Waals surface area contributed by atoms with Gasteiger partial charge in [-0.05, 0) is 18.2 Å². The maximum absolute atomic E-state index is 13.3. The number of nitrogens with one attached hydrogen (secondary N) is 3. The van der Waals surface area contributed by atoms with E-state index in [-0.39, 0.29) is 16.0 Å². The number of halogens is 6. The number of aromatic nitrogens is 4. The Kier molecular flexibility index (Phi) is 7.67. The third kappa shape index (κ3) is 5.90. The Balaban J connectivity index is 2.04. The normalized spacial score (nSPS) is 11.1. The molecule has 0 fully saturated rings. The van der Waals surface area contributed by atoms with Crippen LogP contribution in [0.3, 0.4) is 0 Å². The van der Waals surface area contributed by atoms with Gasteiger partial charge in [-0.15, -0.1) is 0 Å². The number of hydrogen-bond donors (Lipinski definition) is 3. The summed E-state index contributed by atoms with van der Waals surface area (Å²) in [6, 6.07) is 4.20. The molecule has 3 rings (SSSR count). The second-order valence-corrected chi connectivity index (χ2v) is 7.47. The SMILES string of the molecule is COC(=O)NNC(=O)c1cc(Cl)nc(Cl)c1NC(=O)c1cc(C(F)(F)F)nn1-c1ncccc1Cl. The monoisotopic (exact) mass is 551 g/mol. The van der Waals surface area contributed by atoms with E-state index in [1.54, 1.807) is 0 Å². The zero-order chi connectivity index (χ0) is 25.9. The predicted octanol–water partition coefficient (Wildman–Crippen LogP) is 3.89. The fraction of sp³-hybridized carbons (Fsp3) is 0.111. The Labute approximate surface area is 208 Å². The van der Waals surface area contributed by atoms with E-state index in [2.05, 4.69) is 25.1 Å². The summed E-state index contributed by atoms with van der Waals surface area (Å²) in [6.45, 7) is 0. The first kappa shape index (κ1) is 26.0. The number of anilines is 1. The minimum atomic E-state index is -4.91. The van der Waals surface area contributed by atoms with Gasteiger partial charge < -0.3 is 10.1 Å². The largest absolute Gasteiger partial charge is 0.452 e. The smallest absolute Gasteiger partial charge is 0.435 e. The molecule has 3 amide bonds. The van der Waals surface area contributed by atoms with Gasteiger partial charge in [-0.25, -0.2) is 24.9 Å². The Hall–Kier alpha value is -3.62. The van der Waals surface area contributed by atoms with Crippen molar-refractivity contribution in [3.8, 4) is 5.82 Å². The van der Waals surface area contributed by atoms with Crippen molar-refractivity contribution >= 4 is 58.4 Å². The standard InChI is InChI=1S/C18H11Cl3F3N7O4/c1-35-17(34)29-28-15(32)7-5-11(20)26-13(21)12(7)27-16(33)9-6-10(18(22,23)24)30-31(9)14-8(19)3-2-4-25-14/h2-6H,1H3,(H,27,33)(H,28,32)(H,29,34). The van der Waals surface area contributed by atoms with Crippen LogP contribution in [0.5, 0.6) is 0 Å². The van der Waals surface area contributed by atoms with Crippen LogP contribution in [0.25, 0.3) is 5.82 Å². The molecule has 3 aromatic heterocycles. The molecule has 0 spiro atoms. The number of methoxy groups -OCH3 is 1. The molecule has 0 saturated carbocycles. The summed E-state index contributed by atoms with van der Waals surface area (Å²) in [4.78, 5) is 44.3. The van der Waals surface area contributed by atoms with Gasteiger partial charge in [0.05, 0.1) is 23.4 Å². The van der Waals surface area contributed by atoms with E-state index in [1.807, 2.05) is 10.9 Å². The van der Waals surface area contributed by atoms with Crippen LogP contribution in [-0.4, -0.2) is 44.8 Å². The van der Waals surface area contributed by atoms with Crippen LogP contribution in [0.2, 0.25) is 15.3 Å². The molecule has 0 aliphatic heterocycles. The highest BCUT2D eigenvalue weighted by Crippen LogP contribution is 2.32. The quantitative estimate of drug-likeness (QED) is 0.329. The molecule has 0 unspecified atom stereocenters. The van der Waals surface area contributed by atoms with Crippen molar-refractivity contribution in [2.45, 2.75) is 6.18 Å². The van der Waals surface area contributed by atoms with E-state index >= 15 is 0 Å². The third-order valence-corrected chi connectivity index (χ3v) is 4.82. The summed E-state index contributed by atoms with van der Waals surface area (Å²) in [5.74, 6) is -2.47. The predicted molar refractivity (Wildman–Crippen MR) is 117 cm³/mol. The highest BCUT2D eigenvalue weighted by atomic mass is 35.5. The van der Waals surface area contributed by atoms with Crippen molar-refractivity contribution in [1.29, 1.82) is 0 Å². The van der Waals surface area contributed by atoms with Crippen molar-refractivity contribution in [2.75, 3.05) is 12.4 Å². The van der Waals surface area contributed by atoms with Crippen LogP contribution >= 0.6 is 34.8 Å². The highest BCUT2D eigenvalue weighted by molar-refractivity contribution is 6.36. The van der Waals surface area contributed by atoms with Gasteiger partial charge in [0.15, 0.2) is 16.7 Å². The van der Waals surface area contributed by atoms with Gasteiger partial charge in [0.25, 0.3) is 11.8 Å². The lowest BCUT2D eigenvalue weighted by Gasteiger charge is -2.14. The van der Waals surface area contributed by atoms with Gasteiger partial charge >= 0.3 is 12.3 Å². The zero-order valence-electron chi connectivity index (χ0n) is 17.1. The molecule has 3 heterocycles. The van der Waals surface area contributed by atoms with E-state index in [0.717, 1.165) is 13.2 Å². The van der Waals surface area contributed by atoms with Crippen LogP contribution in [0.4, 0.5) is 23.7 Å². The molecule has 0 aliphatic carbocycles. The number of ether oxygens (including phenoxy) is 1. The average Bonchev–Trinajstić information content (AvgIpc) is 3.25. The average molecular weight is 553 g/mol. The van der Waals surface area contributed by atoms with Gasteiger partial charge in [0.1, 0.15) is 10.8 Å². The van der Waals surface area contributed by atoms with Gasteiger partial charge in [-0.1, -0.05) is 34.8 Å². The van der Waals surface area contributed by atoms with Gasteiger partial charge in [-0.2, -0.15) is 18.3 Å². The molecule has 0 radical (unpaired) electrons. The number of alkyl halides is 3. The minimum absolute atomic E-state index is 0.0986. The topological polar surface area (TPSA) is 140 Å². The van der Waals surface area contributed by atoms with Crippen molar-refractivity contribution in [1.82, 2.24) is 30.6 Å². The Bertz CT molecular complexity index is 1320. The fourth-order valence-corrected chi connectivity index (χ4v) is 3.24. The summed E-state index contributed by atoms with van der Waals surface area (Å²) in [5.41, 5.74) is 0.984. The first-order chi connectivity index (χ1) is 16.4. The molecule has 35 heavy (non-hydrogen) atoms. The third-order valence-electron chi connectivity index (χ3n) is 4.06. The molecule has 184 valence electrons. The molecule has 0 saturated heterocycles. The van der Waals surface area contributed by atoms with Gasteiger partial charge in [-0.3, -0.25) is 15.0 Å². The Morgan fingerprint density at radius 2 is 1.80 bits per heavy atom. The van der Waals surface area contributed by atoms with Crippen LogP contribution < -0.4 is 16.2 Å². The van der Waals surface area contributed by atoms with Gasteiger partial charge in [0.2, 0.25) is 0 Å². The van der Waals surface area contributed by atoms with Crippen molar-refractivity contribution in [3.05, 3.63) is 62.7 Å². The first-order valence-electron chi connectivity index (χ1n) is 9.02. The second kappa shape index (κ2) is 10.3. The summed E-state index contributed by atoms with van der Waals surface area (Å²) < 4.78 is 44.9. The maximum Gasteiger partial charge on any atom is 0.435 e. The van der Waals surface area contributed by atoms with Crippen LogP contribution in [0, 0.1) is 0 Å². The molecule has 17 heteroatoms. The Morgan fingerprint density at radius 1 is 1.09 bits per heavy atom. The lowest BCUT2D eigenvalue weighted by Crippen LogP contribution is -2.41. The number of amides is 3. The van der Waals surface area contributed by atoms with E-state index in [1.165, 1.54) is 18.3 Å². The van der Waals surface area contributed by atoms with Gasteiger partial charge in [0, 0.05) is 12.3 Å². The van der Waals surface area contributed by atoms with Crippen LogP contribution in [-0.2, 0) is 10.9 Å². The number of hydrogen-bond acceptors (Lipinski definition) is 7. The number of rotatable bonds is 4. The molecule has 0 aliphatic rings. The number of carbonyl (C=O) groups excluding carboxylic acids is 3. The van der Waals surface area contributed by atoms with E-state index in [0.29, 0.717) is 10.7 Å².